The summed E-state index contributed by atoms with van der Waals surface area (Å²) >= 11 is 0. The summed E-state index contributed by atoms with van der Waals surface area (Å²) in [6.07, 6.45) is 0. The number of fused-ring (bicyclic) bond motifs is 15. The summed E-state index contributed by atoms with van der Waals surface area (Å²) in [5.74, 6) is 1.70. The highest BCUT2D eigenvalue weighted by Crippen LogP contribution is 2.44. The highest BCUT2D eigenvalue weighted by Gasteiger charge is 2.22. The molecular weight excluding hydrogens is 821 g/mol. The Morgan fingerprint density at radius 2 is 0.896 bits per heavy atom. The number of nitrogens with zero attached hydrogens (tertiary/aromatic N) is 4. The fraction of sp³-hybridized carbons (Fsp3) is 0. The lowest BCUT2D eigenvalue weighted by molar-refractivity contribution is 0.668. The summed E-state index contributed by atoms with van der Waals surface area (Å²) in [5, 5.41) is 15.7. The van der Waals surface area contributed by atoms with Crippen molar-refractivity contribution in [1.29, 1.82) is 0 Å². The van der Waals surface area contributed by atoms with Crippen molar-refractivity contribution < 1.29 is 8.83 Å². The van der Waals surface area contributed by atoms with Crippen molar-refractivity contribution in [2.24, 2.45) is 0 Å². The van der Waals surface area contributed by atoms with E-state index in [2.05, 4.69) is 168 Å². The van der Waals surface area contributed by atoms with Crippen molar-refractivity contribution in [3.05, 3.63) is 206 Å². The number of rotatable bonds is 4. The van der Waals surface area contributed by atoms with Gasteiger partial charge in [0.05, 0.1) is 11.0 Å². The maximum absolute atomic E-state index is 6.70. The maximum Gasteiger partial charge on any atom is 0.164 e. The van der Waals surface area contributed by atoms with Gasteiger partial charge >= 0.3 is 0 Å². The van der Waals surface area contributed by atoms with Crippen LogP contribution < -0.4 is 0 Å². The fourth-order valence-corrected chi connectivity index (χ4v) is 10.6. The third-order valence-corrected chi connectivity index (χ3v) is 13.8. The van der Waals surface area contributed by atoms with Crippen LogP contribution in [0.2, 0.25) is 0 Å². The molecule has 0 saturated carbocycles. The van der Waals surface area contributed by atoms with Gasteiger partial charge in [0, 0.05) is 60.1 Å². The Morgan fingerprint density at radius 1 is 0.313 bits per heavy atom. The number of aromatic nitrogens is 4. The average molecular weight is 855 g/mol. The van der Waals surface area contributed by atoms with Crippen LogP contribution in [0.1, 0.15) is 0 Å². The van der Waals surface area contributed by atoms with Crippen molar-refractivity contribution in [2.75, 3.05) is 0 Å². The van der Waals surface area contributed by atoms with Crippen molar-refractivity contribution in [3.8, 4) is 39.9 Å². The number of benzene rings is 11. The fourth-order valence-electron chi connectivity index (χ4n) is 10.6. The van der Waals surface area contributed by atoms with Crippen molar-refractivity contribution in [3.63, 3.8) is 0 Å². The Labute approximate surface area is 381 Å². The van der Waals surface area contributed by atoms with Gasteiger partial charge in [-0.25, -0.2) is 15.0 Å². The quantitative estimate of drug-likeness (QED) is 0.176. The second-order valence-corrected chi connectivity index (χ2v) is 17.5. The second-order valence-electron chi connectivity index (χ2n) is 17.5. The SMILES string of the molecule is c1ccc2cc(-c3nc(-c4ccc5oc6ccccc6c5c4)nc(-c4cc5oc6ccccc6c5c5ccc(-n6c7cc8ccccc8cc7c7ccc8ccccc8c76)cc45)n3)ccc2c1. The second kappa shape index (κ2) is 13.7. The maximum atomic E-state index is 6.70. The highest BCUT2D eigenvalue weighted by atomic mass is 16.3. The summed E-state index contributed by atoms with van der Waals surface area (Å²) in [6.45, 7) is 0. The standard InChI is InChI=1S/C61H34N4O2/c1-2-13-37-29-40(22-21-35(37)11-1)59-62-60(41-24-28-55-50(31-41)44-17-7-9-19-53(44)66-55)64-61(63-59)51-34-56-57(47-18-8-10-20-54(47)67-56)45-27-25-42(33-48(45)51)65-52-32-39-15-4-3-14-38(39)30-49(52)46-26-23-36-12-5-6-16-43(36)58(46)65/h1-34H. The lowest BCUT2D eigenvalue weighted by Crippen LogP contribution is -2.01. The van der Waals surface area contributed by atoms with Gasteiger partial charge in [0.25, 0.3) is 0 Å². The largest absolute Gasteiger partial charge is 0.456 e. The number of hydrogen-bond donors (Lipinski definition) is 0. The smallest absolute Gasteiger partial charge is 0.164 e. The third-order valence-electron chi connectivity index (χ3n) is 13.8. The van der Waals surface area contributed by atoms with E-state index in [0.29, 0.717) is 17.5 Å². The van der Waals surface area contributed by atoms with Gasteiger partial charge in [-0.05, 0) is 104 Å². The lowest BCUT2D eigenvalue weighted by Gasteiger charge is -2.15. The van der Waals surface area contributed by atoms with Crippen LogP contribution in [0.5, 0.6) is 0 Å². The van der Waals surface area contributed by atoms with Crippen molar-refractivity contribution in [1.82, 2.24) is 19.5 Å². The number of hydrogen-bond acceptors (Lipinski definition) is 5. The van der Waals surface area contributed by atoms with E-state index in [1.807, 2.05) is 42.5 Å². The molecule has 0 N–H and O–H groups in total. The first-order chi connectivity index (χ1) is 33.2. The van der Waals surface area contributed by atoms with Gasteiger partial charge in [0.15, 0.2) is 17.5 Å². The molecule has 0 radical (unpaired) electrons. The summed E-state index contributed by atoms with van der Waals surface area (Å²) in [6, 6.07) is 72.9. The first-order valence-electron chi connectivity index (χ1n) is 22.6. The van der Waals surface area contributed by atoms with Gasteiger partial charge in [0.2, 0.25) is 0 Å². The molecule has 0 saturated heterocycles. The molecule has 0 amide bonds. The molecule has 4 heterocycles. The average Bonchev–Trinajstić information content (AvgIpc) is 4.06. The van der Waals surface area contributed by atoms with Crippen LogP contribution >= 0.6 is 0 Å². The molecule has 6 nitrogen and oxygen atoms in total. The van der Waals surface area contributed by atoms with Gasteiger partial charge in [-0.3, -0.25) is 0 Å². The molecule has 0 unspecified atom stereocenters. The predicted molar refractivity (Wildman–Crippen MR) is 275 cm³/mol. The molecule has 4 aromatic heterocycles. The van der Waals surface area contributed by atoms with E-state index in [1.165, 1.54) is 37.8 Å². The first kappa shape index (κ1) is 36.2. The highest BCUT2D eigenvalue weighted by molar-refractivity contribution is 6.24. The normalized spacial score (nSPS) is 12.2. The molecule has 0 fully saturated rings. The zero-order chi connectivity index (χ0) is 43.7. The molecule has 0 aliphatic heterocycles. The van der Waals surface area contributed by atoms with Gasteiger partial charge in [-0.1, -0.05) is 140 Å². The summed E-state index contributed by atoms with van der Waals surface area (Å²) in [4.78, 5) is 16.1. The Bertz CT molecular complexity index is 4590. The van der Waals surface area contributed by atoms with Crippen LogP contribution in [-0.4, -0.2) is 19.5 Å². The first-order valence-corrected chi connectivity index (χ1v) is 22.6. The third kappa shape index (κ3) is 5.41. The number of para-hydroxylation sites is 2. The van der Waals surface area contributed by atoms with Crippen LogP contribution in [0, 0.1) is 0 Å². The molecule has 0 aliphatic carbocycles. The van der Waals surface area contributed by atoms with Gasteiger partial charge < -0.3 is 13.4 Å². The Hall–Kier alpha value is -9.13. The summed E-state index contributed by atoms with van der Waals surface area (Å²) < 4.78 is 15.4. The Kier molecular flexibility index (Phi) is 7.40. The van der Waals surface area contributed by atoms with E-state index in [0.717, 1.165) is 93.3 Å². The zero-order valence-electron chi connectivity index (χ0n) is 35.7. The molecule has 310 valence electrons. The van der Waals surface area contributed by atoms with Crippen molar-refractivity contribution in [2.45, 2.75) is 0 Å². The topological polar surface area (TPSA) is 69.9 Å². The number of furan rings is 2. The van der Waals surface area contributed by atoms with Gasteiger partial charge in [-0.15, -0.1) is 0 Å². The summed E-state index contributed by atoms with van der Waals surface area (Å²) in [7, 11) is 0. The molecule has 15 rings (SSSR count). The predicted octanol–water partition coefficient (Wildman–Crippen LogP) is 16.4. The lowest BCUT2D eigenvalue weighted by atomic mass is 9.97. The molecular formula is C61H34N4O2. The minimum Gasteiger partial charge on any atom is -0.456 e. The minimum absolute atomic E-state index is 0.550. The monoisotopic (exact) mass is 854 g/mol. The van der Waals surface area contributed by atoms with E-state index >= 15 is 0 Å². The Morgan fingerprint density at radius 3 is 1.72 bits per heavy atom. The molecule has 15 aromatic rings. The molecule has 0 spiro atoms. The Balaban J connectivity index is 1.05. The molecule has 0 atom stereocenters. The zero-order valence-corrected chi connectivity index (χ0v) is 35.7. The van der Waals surface area contributed by atoms with Crippen LogP contribution in [0.15, 0.2) is 215 Å². The molecule has 11 aromatic carbocycles. The van der Waals surface area contributed by atoms with Crippen LogP contribution in [0.3, 0.4) is 0 Å². The van der Waals surface area contributed by atoms with E-state index in [4.69, 9.17) is 23.8 Å². The molecule has 0 bridgehead atoms. The molecule has 67 heavy (non-hydrogen) atoms. The van der Waals surface area contributed by atoms with E-state index < -0.39 is 0 Å². The van der Waals surface area contributed by atoms with Crippen LogP contribution in [0.25, 0.3) is 149 Å². The molecule has 0 aliphatic rings. The van der Waals surface area contributed by atoms with E-state index in [9.17, 15) is 0 Å². The van der Waals surface area contributed by atoms with Gasteiger partial charge in [0.1, 0.15) is 22.3 Å². The van der Waals surface area contributed by atoms with Crippen molar-refractivity contribution >= 4 is 109 Å². The van der Waals surface area contributed by atoms with Crippen LogP contribution in [0.4, 0.5) is 0 Å². The van der Waals surface area contributed by atoms with E-state index in [1.54, 1.807) is 0 Å². The molecule has 6 heteroatoms. The minimum atomic E-state index is 0.550. The van der Waals surface area contributed by atoms with Crippen LogP contribution in [-0.2, 0) is 0 Å². The van der Waals surface area contributed by atoms with E-state index in [-0.39, 0.29) is 0 Å². The van der Waals surface area contributed by atoms with Gasteiger partial charge in [-0.2, -0.15) is 0 Å². The summed E-state index contributed by atoms with van der Waals surface area (Å²) in [5.41, 5.74) is 9.21.